The predicted octanol–water partition coefficient (Wildman–Crippen LogP) is 3.01. The summed E-state index contributed by atoms with van der Waals surface area (Å²) in [5.74, 6) is 0.595. The van der Waals surface area contributed by atoms with Gasteiger partial charge < -0.3 is 5.73 Å². The highest BCUT2D eigenvalue weighted by molar-refractivity contribution is 4.92. The van der Waals surface area contributed by atoms with Crippen LogP contribution >= 0.6 is 0 Å². The summed E-state index contributed by atoms with van der Waals surface area (Å²) in [4.78, 5) is 2.42. The Morgan fingerprint density at radius 2 is 1.83 bits per heavy atom. The number of rotatable bonds is 7. The zero-order valence-corrected chi connectivity index (χ0v) is 13.0. The van der Waals surface area contributed by atoms with E-state index in [2.05, 4.69) is 52.5 Å². The summed E-state index contributed by atoms with van der Waals surface area (Å²) in [6.07, 6.45) is 1.55. The van der Waals surface area contributed by atoms with Crippen molar-refractivity contribution in [2.75, 3.05) is 13.1 Å². The van der Waals surface area contributed by atoms with Gasteiger partial charge in [0.1, 0.15) is 0 Å². The molecular weight excluding hydrogens is 222 g/mol. The van der Waals surface area contributed by atoms with E-state index in [1.54, 1.807) is 0 Å². The topological polar surface area (TPSA) is 53.0 Å². The van der Waals surface area contributed by atoms with Crippen LogP contribution < -0.4 is 5.73 Å². The van der Waals surface area contributed by atoms with Gasteiger partial charge in [-0.2, -0.15) is 5.26 Å². The summed E-state index contributed by atoms with van der Waals surface area (Å²) in [5, 5.41) is 8.82. The van der Waals surface area contributed by atoms with E-state index >= 15 is 0 Å². The molecular formula is C15H31N3. The average molecular weight is 253 g/mol. The van der Waals surface area contributed by atoms with E-state index in [1.165, 1.54) is 0 Å². The van der Waals surface area contributed by atoms with Crippen molar-refractivity contribution in [3.63, 3.8) is 0 Å². The van der Waals surface area contributed by atoms with Crippen molar-refractivity contribution in [3.8, 4) is 6.07 Å². The summed E-state index contributed by atoms with van der Waals surface area (Å²) in [6.45, 7) is 15.1. The van der Waals surface area contributed by atoms with Gasteiger partial charge in [-0.1, -0.05) is 41.5 Å². The van der Waals surface area contributed by atoms with Gasteiger partial charge in [0, 0.05) is 31.6 Å². The lowest BCUT2D eigenvalue weighted by Crippen LogP contribution is -2.55. The molecule has 3 heteroatoms. The van der Waals surface area contributed by atoms with Crippen LogP contribution in [0, 0.1) is 22.7 Å². The smallest absolute Gasteiger partial charge is 0.0635 e. The summed E-state index contributed by atoms with van der Waals surface area (Å²) in [7, 11) is 0. The third kappa shape index (κ3) is 5.84. The second-order valence-corrected chi connectivity index (χ2v) is 6.68. The Balaban J connectivity index is 5.01. The standard InChI is InChI=1S/C15H31N3/c1-7-13(17)14(15(4,5)6)18(10-8-9-16)11-12(2)3/h12-14H,7-8,10-11,17H2,1-6H3. The molecule has 106 valence electrons. The van der Waals surface area contributed by atoms with Crippen LogP contribution in [0.2, 0.25) is 0 Å². The third-order valence-electron chi connectivity index (χ3n) is 3.27. The van der Waals surface area contributed by atoms with Crippen molar-refractivity contribution < 1.29 is 0 Å². The van der Waals surface area contributed by atoms with Crippen LogP contribution in [0.4, 0.5) is 0 Å². The number of hydrogen-bond donors (Lipinski definition) is 1. The highest BCUT2D eigenvalue weighted by Gasteiger charge is 2.34. The van der Waals surface area contributed by atoms with Crippen LogP contribution in [-0.4, -0.2) is 30.1 Å². The second-order valence-electron chi connectivity index (χ2n) is 6.68. The van der Waals surface area contributed by atoms with Gasteiger partial charge in [-0.05, 0) is 17.8 Å². The minimum atomic E-state index is 0.139. The Hall–Kier alpha value is -0.590. The van der Waals surface area contributed by atoms with Gasteiger partial charge >= 0.3 is 0 Å². The maximum atomic E-state index is 8.82. The highest BCUT2D eigenvalue weighted by Crippen LogP contribution is 2.28. The minimum absolute atomic E-state index is 0.139. The molecule has 0 saturated carbocycles. The largest absolute Gasteiger partial charge is 0.326 e. The molecule has 3 nitrogen and oxygen atoms in total. The first-order valence-corrected chi connectivity index (χ1v) is 7.10. The van der Waals surface area contributed by atoms with Crippen LogP contribution in [0.15, 0.2) is 0 Å². The van der Waals surface area contributed by atoms with Gasteiger partial charge in [0.05, 0.1) is 6.07 Å². The molecule has 0 aliphatic carbocycles. The van der Waals surface area contributed by atoms with E-state index in [4.69, 9.17) is 11.0 Å². The first-order chi connectivity index (χ1) is 8.23. The van der Waals surface area contributed by atoms with Crippen LogP contribution in [0.3, 0.4) is 0 Å². The van der Waals surface area contributed by atoms with Crippen LogP contribution in [0.25, 0.3) is 0 Å². The molecule has 0 aromatic rings. The molecule has 2 unspecified atom stereocenters. The van der Waals surface area contributed by atoms with Gasteiger partial charge in [0.2, 0.25) is 0 Å². The van der Waals surface area contributed by atoms with Crippen LogP contribution in [0.1, 0.15) is 54.4 Å². The van der Waals surface area contributed by atoms with Crippen molar-refractivity contribution >= 4 is 0 Å². The molecule has 0 aliphatic rings. The molecule has 0 aromatic carbocycles. The molecule has 2 atom stereocenters. The number of nitriles is 1. The molecule has 0 fully saturated rings. The summed E-state index contributed by atoms with van der Waals surface area (Å²) in [5.41, 5.74) is 6.47. The zero-order valence-electron chi connectivity index (χ0n) is 13.0. The molecule has 0 aliphatic heterocycles. The third-order valence-corrected chi connectivity index (χ3v) is 3.27. The fourth-order valence-electron chi connectivity index (χ4n) is 2.69. The monoisotopic (exact) mass is 253 g/mol. The Morgan fingerprint density at radius 1 is 1.28 bits per heavy atom. The van der Waals surface area contributed by atoms with Gasteiger partial charge in [0.25, 0.3) is 0 Å². The molecule has 2 N–H and O–H groups in total. The molecule has 0 radical (unpaired) electrons. The van der Waals surface area contributed by atoms with Crippen molar-refractivity contribution in [2.45, 2.75) is 66.5 Å². The lowest BCUT2D eigenvalue weighted by Gasteiger charge is -2.44. The number of nitrogens with zero attached hydrogens (tertiary/aromatic N) is 2. The minimum Gasteiger partial charge on any atom is -0.326 e. The first kappa shape index (κ1) is 17.4. The Labute approximate surface area is 113 Å². The quantitative estimate of drug-likeness (QED) is 0.759. The number of nitrogens with two attached hydrogens (primary N) is 1. The summed E-state index contributed by atoms with van der Waals surface area (Å²) in [6, 6.07) is 2.75. The maximum Gasteiger partial charge on any atom is 0.0635 e. The van der Waals surface area contributed by atoms with Crippen molar-refractivity contribution in [3.05, 3.63) is 0 Å². The molecule has 0 saturated heterocycles. The van der Waals surface area contributed by atoms with E-state index in [9.17, 15) is 0 Å². The lowest BCUT2D eigenvalue weighted by atomic mass is 9.80. The van der Waals surface area contributed by atoms with Gasteiger partial charge in [-0.25, -0.2) is 0 Å². The fourth-order valence-corrected chi connectivity index (χ4v) is 2.69. The van der Waals surface area contributed by atoms with E-state index in [-0.39, 0.29) is 11.5 Å². The molecule has 0 aromatic heterocycles. The van der Waals surface area contributed by atoms with Gasteiger partial charge in [-0.3, -0.25) is 4.90 Å². The SMILES string of the molecule is CCC(N)C(N(CCC#N)CC(C)C)C(C)(C)C. The molecule has 0 amide bonds. The van der Waals surface area contributed by atoms with Gasteiger partial charge in [-0.15, -0.1) is 0 Å². The Kier molecular flexibility index (Phi) is 7.51. The van der Waals surface area contributed by atoms with Crippen molar-refractivity contribution in [1.82, 2.24) is 4.90 Å². The molecule has 0 rings (SSSR count). The zero-order chi connectivity index (χ0) is 14.3. The lowest BCUT2D eigenvalue weighted by molar-refractivity contribution is 0.0678. The Bertz CT molecular complexity index is 260. The molecule has 0 bridgehead atoms. The van der Waals surface area contributed by atoms with Gasteiger partial charge in [0.15, 0.2) is 0 Å². The van der Waals surface area contributed by atoms with Crippen molar-refractivity contribution in [1.29, 1.82) is 5.26 Å². The molecule has 0 heterocycles. The van der Waals surface area contributed by atoms with E-state index in [0.717, 1.165) is 19.5 Å². The second kappa shape index (κ2) is 7.76. The normalized spacial score (nSPS) is 15.8. The molecule has 18 heavy (non-hydrogen) atoms. The Morgan fingerprint density at radius 3 is 2.17 bits per heavy atom. The average Bonchev–Trinajstić information content (AvgIpc) is 2.22. The van der Waals surface area contributed by atoms with Crippen molar-refractivity contribution in [2.24, 2.45) is 17.1 Å². The maximum absolute atomic E-state index is 8.82. The highest BCUT2D eigenvalue weighted by atomic mass is 15.2. The van der Waals surface area contributed by atoms with E-state index in [1.807, 2.05) is 0 Å². The van der Waals surface area contributed by atoms with E-state index < -0.39 is 0 Å². The first-order valence-electron chi connectivity index (χ1n) is 7.10. The van der Waals surface area contributed by atoms with Crippen LogP contribution in [-0.2, 0) is 0 Å². The number of hydrogen-bond acceptors (Lipinski definition) is 3. The summed E-state index contributed by atoms with van der Waals surface area (Å²) < 4.78 is 0. The fraction of sp³-hybridized carbons (Fsp3) is 0.933. The summed E-state index contributed by atoms with van der Waals surface area (Å²) >= 11 is 0. The van der Waals surface area contributed by atoms with Crippen LogP contribution in [0.5, 0.6) is 0 Å². The van der Waals surface area contributed by atoms with E-state index in [0.29, 0.717) is 18.4 Å². The predicted molar refractivity (Wildman–Crippen MR) is 78.2 cm³/mol. The molecule has 0 spiro atoms.